The van der Waals surface area contributed by atoms with Crippen molar-refractivity contribution in [2.45, 2.75) is 0 Å². The Morgan fingerprint density at radius 1 is 0.471 bits per heavy atom. The predicted molar refractivity (Wildman–Crippen MR) is 38.0 cm³/mol. The van der Waals surface area contributed by atoms with E-state index in [2.05, 4.69) is 0 Å². The summed E-state index contributed by atoms with van der Waals surface area (Å²) in [7, 11) is -2.50. The average molecular weight is 378 g/mol. The minimum atomic E-state index is -0.500. The van der Waals surface area contributed by atoms with Gasteiger partial charge in [0.15, 0.2) is 0 Å². The van der Waals surface area contributed by atoms with Gasteiger partial charge in [-0.25, -0.2) is 0 Å². The fourth-order valence-electron chi connectivity index (χ4n) is 0. The number of hydrogen-bond donors (Lipinski definition) is 0. The van der Waals surface area contributed by atoms with Crippen LogP contribution in [0, 0.1) is 41.7 Å². The summed E-state index contributed by atoms with van der Waals surface area (Å²) >= 11 is 0. The van der Waals surface area contributed by atoms with Crippen LogP contribution in [0.3, 0.4) is 0 Å². The van der Waals surface area contributed by atoms with E-state index < -0.39 is 36.8 Å². The van der Waals surface area contributed by atoms with Crippen LogP contribution < -0.4 is 25.1 Å². The molecule has 17 heteroatoms. The van der Waals surface area contributed by atoms with Crippen molar-refractivity contribution in [3.63, 3.8) is 0 Å². The number of rotatable bonds is 0. The largest absolute Gasteiger partial charge is 3.00 e. The molecule has 0 spiro atoms. The molecule has 0 atom stereocenters. The molecular weight excluding hydrogens is 378 g/mol. The Morgan fingerprint density at radius 3 is 0.471 bits per heavy atom. The molecule has 10 nitrogen and oxygen atoms in total. The average Bonchev–Trinajstić information content (AvgIpc) is 2.09. The second kappa shape index (κ2) is 132. The monoisotopic (exact) mass is 379 g/mol. The van der Waals surface area contributed by atoms with Crippen LogP contribution in [-0.4, -0.2) is 59.8 Å². The van der Waals surface area contributed by atoms with Gasteiger partial charge in [0.2, 0.25) is 0 Å². The van der Waals surface area contributed by atoms with Crippen molar-refractivity contribution < 1.29 is 90.4 Å². The van der Waals surface area contributed by atoms with Crippen molar-refractivity contribution in [1.29, 1.82) is 0 Å². The SMILES string of the molecule is O=B[O-].O=B[O-].O=B[O-].O=B[O-].O=B[O-].[Ce+3].[Mg+2]. The maximum Gasteiger partial charge on any atom is 3.00 e. The van der Waals surface area contributed by atoms with Crippen molar-refractivity contribution >= 4 is 59.8 Å². The molecule has 0 fully saturated rings. The van der Waals surface area contributed by atoms with E-state index in [0.29, 0.717) is 0 Å². The molecule has 0 amide bonds. The fourth-order valence-corrected chi connectivity index (χ4v) is 0. The van der Waals surface area contributed by atoms with Crippen LogP contribution in [0.2, 0.25) is 0 Å². The van der Waals surface area contributed by atoms with E-state index in [9.17, 15) is 0 Å². The summed E-state index contributed by atoms with van der Waals surface area (Å²) in [5, 5.41) is 41.2. The van der Waals surface area contributed by atoms with E-state index in [-0.39, 0.29) is 64.8 Å². The van der Waals surface area contributed by atoms with E-state index in [1.807, 2.05) is 0 Å². The predicted octanol–water partition coefficient (Wildman–Crippen LogP) is -8.82. The summed E-state index contributed by atoms with van der Waals surface area (Å²) in [6.45, 7) is 0. The van der Waals surface area contributed by atoms with Crippen molar-refractivity contribution in [3.8, 4) is 0 Å². The summed E-state index contributed by atoms with van der Waals surface area (Å²) in [5.74, 6) is 0. The first-order valence-corrected chi connectivity index (χ1v) is 2.36. The Morgan fingerprint density at radius 2 is 0.471 bits per heavy atom. The van der Waals surface area contributed by atoms with Gasteiger partial charge in [0, 0.05) is 0 Å². The molecule has 0 aromatic carbocycles. The van der Waals surface area contributed by atoms with Gasteiger partial charge in [-0.3, -0.25) is 0 Å². The van der Waals surface area contributed by atoms with Gasteiger partial charge in [0.25, 0.3) is 0 Å². The van der Waals surface area contributed by atoms with Crippen LogP contribution in [-0.2, 0) is 23.5 Å². The molecular formula is B5CeMgO10. The van der Waals surface area contributed by atoms with Crippen LogP contribution in [0.25, 0.3) is 0 Å². The zero-order valence-electron chi connectivity index (χ0n) is 8.18. The smallest absolute Gasteiger partial charge is 2.00 e. The van der Waals surface area contributed by atoms with E-state index in [1.54, 1.807) is 0 Å². The molecule has 0 heterocycles. The minimum absolute atomic E-state index is 0. The third-order valence-electron chi connectivity index (χ3n) is 0. The summed E-state index contributed by atoms with van der Waals surface area (Å²) in [4.78, 5) is 0. The molecule has 0 aliphatic carbocycles. The summed E-state index contributed by atoms with van der Waals surface area (Å²) < 4.78 is 41.2. The topological polar surface area (TPSA) is 201 Å². The molecule has 0 aromatic heterocycles. The Balaban J connectivity index is -0.0000000143. The van der Waals surface area contributed by atoms with Crippen molar-refractivity contribution in [1.82, 2.24) is 0 Å². The summed E-state index contributed by atoms with van der Waals surface area (Å²) in [5.41, 5.74) is 0. The zero-order valence-corrected chi connectivity index (χ0v) is 12.7. The molecule has 81 valence electrons. The first kappa shape index (κ1) is 43.2. The van der Waals surface area contributed by atoms with Crippen LogP contribution in [0.4, 0.5) is 0 Å². The first-order chi connectivity index (χ1) is 7.07. The molecule has 0 unspecified atom stereocenters. The van der Waals surface area contributed by atoms with Crippen LogP contribution in [0.5, 0.6) is 0 Å². The van der Waals surface area contributed by atoms with Gasteiger partial charge in [-0.05, 0) is 0 Å². The quantitative estimate of drug-likeness (QED) is 0.364. The van der Waals surface area contributed by atoms with Crippen LogP contribution >= 0.6 is 0 Å². The summed E-state index contributed by atoms with van der Waals surface area (Å²) in [6, 6.07) is 0. The summed E-state index contributed by atoms with van der Waals surface area (Å²) in [6.07, 6.45) is 0. The van der Waals surface area contributed by atoms with E-state index in [4.69, 9.17) is 48.6 Å². The molecule has 0 saturated heterocycles. The molecule has 0 N–H and O–H groups in total. The van der Waals surface area contributed by atoms with E-state index in [1.165, 1.54) is 0 Å². The first-order valence-electron chi connectivity index (χ1n) is 2.36. The third-order valence-corrected chi connectivity index (χ3v) is 0. The maximum atomic E-state index is 8.25. The van der Waals surface area contributed by atoms with Crippen LogP contribution in [0.1, 0.15) is 0 Å². The van der Waals surface area contributed by atoms with Gasteiger partial charge >= 0.3 is 150 Å². The van der Waals surface area contributed by atoms with Crippen molar-refractivity contribution in [2.24, 2.45) is 0 Å². The molecule has 0 saturated carbocycles. The maximum absolute atomic E-state index is 8.25. The second-order valence-corrected chi connectivity index (χ2v) is 0.481. The van der Waals surface area contributed by atoms with E-state index in [0.717, 1.165) is 0 Å². The Labute approximate surface area is 149 Å². The fraction of sp³-hybridized carbons (Fsp3) is 0. The Kier molecular flexibility index (Phi) is 335. The van der Waals surface area contributed by atoms with Gasteiger partial charge in [-0.2, -0.15) is 0 Å². The van der Waals surface area contributed by atoms with Gasteiger partial charge < -0.3 is 0 Å². The third kappa shape index (κ3) is 15800. The Hall–Kier alpha value is 0.468. The molecule has 1 radical (unpaired) electrons. The molecule has 0 aliphatic rings. The molecule has 17 heavy (non-hydrogen) atoms. The normalized spacial score (nSPS) is 2.35. The van der Waals surface area contributed by atoms with Gasteiger partial charge in [0.1, 0.15) is 0 Å². The molecule has 0 rings (SSSR count). The molecule has 0 aliphatic heterocycles. The van der Waals surface area contributed by atoms with Crippen molar-refractivity contribution in [2.75, 3.05) is 0 Å². The minimum Gasteiger partial charge on any atom is 2.00 e. The molecule has 0 aromatic rings. The van der Waals surface area contributed by atoms with Gasteiger partial charge in [-0.15, -0.1) is 0 Å². The zero-order chi connectivity index (χ0) is 13.5. The Bertz CT molecular complexity index is 97.0. The van der Waals surface area contributed by atoms with E-state index >= 15 is 0 Å². The van der Waals surface area contributed by atoms with Crippen molar-refractivity contribution in [3.05, 3.63) is 0 Å². The second-order valence-electron chi connectivity index (χ2n) is 0.481. The standard InChI is InChI=1S/5BO2.Ce.Mg/c5*2-1-3;;/q5*-1;+3;+2. The van der Waals surface area contributed by atoms with Gasteiger partial charge in [0.05, 0.1) is 0 Å². The van der Waals surface area contributed by atoms with Gasteiger partial charge in [-0.1, -0.05) is 0 Å². The number of hydrogen-bond acceptors (Lipinski definition) is 10. The van der Waals surface area contributed by atoms with Crippen LogP contribution in [0.15, 0.2) is 0 Å². The molecule has 0 bridgehead atoms.